The van der Waals surface area contributed by atoms with Gasteiger partial charge in [-0.2, -0.15) is 13.2 Å². The van der Waals surface area contributed by atoms with Gasteiger partial charge in [0.2, 0.25) is 5.91 Å². The lowest BCUT2D eigenvalue weighted by Crippen LogP contribution is -2.47. The number of halogens is 5. The van der Waals surface area contributed by atoms with Crippen molar-refractivity contribution in [1.29, 1.82) is 0 Å². The van der Waals surface area contributed by atoms with E-state index in [2.05, 4.69) is 20.2 Å². The first kappa shape index (κ1) is 24.0. The number of hydrogen-bond acceptors (Lipinski definition) is 4. The van der Waals surface area contributed by atoms with Crippen molar-refractivity contribution in [2.75, 3.05) is 45.8 Å². The van der Waals surface area contributed by atoms with Gasteiger partial charge in [-0.15, -0.1) is 24.8 Å². The molecule has 0 unspecified atom stereocenters. The number of likely N-dealkylation sites (tertiary alicyclic amines) is 1. The van der Waals surface area contributed by atoms with Crippen molar-refractivity contribution in [2.24, 2.45) is 0 Å². The number of piperidine rings is 1. The molecule has 2 aliphatic heterocycles. The highest BCUT2D eigenvalue weighted by molar-refractivity contribution is 5.85. The van der Waals surface area contributed by atoms with Crippen molar-refractivity contribution < 1.29 is 18.0 Å². The molecule has 2 saturated heterocycles. The molecular weight excluding hydrogens is 406 g/mol. The molecule has 1 amide bonds. The van der Waals surface area contributed by atoms with Crippen molar-refractivity contribution in [2.45, 2.75) is 31.4 Å². The number of carbonyl (C=O) groups excluding carboxylic acids is 1. The fraction of sp³-hybridized carbons (Fsp3) is 0.750. The van der Waals surface area contributed by atoms with Gasteiger partial charge in [0.25, 0.3) is 0 Å². The van der Waals surface area contributed by atoms with Gasteiger partial charge in [-0.3, -0.25) is 4.79 Å². The summed E-state index contributed by atoms with van der Waals surface area (Å²) in [6, 6.07) is 0. The van der Waals surface area contributed by atoms with Crippen molar-refractivity contribution in [3.05, 3.63) is 17.7 Å². The van der Waals surface area contributed by atoms with Crippen LogP contribution in [0.4, 0.5) is 13.2 Å². The predicted molar refractivity (Wildman–Crippen MR) is 101 cm³/mol. The molecular formula is C16H26Cl2F3N5O. The van der Waals surface area contributed by atoms with E-state index in [1.165, 1.54) is 0 Å². The second-order valence-electron chi connectivity index (χ2n) is 6.68. The van der Waals surface area contributed by atoms with Crippen molar-refractivity contribution in [3.8, 4) is 0 Å². The Labute approximate surface area is 169 Å². The Bertz CT molecular complexity index is 585. The van der Waals surface area contributed by atoms with Gasteiger partial charge < -0.3 is 20.1 Å². The van der Waals surface area contributed by atoms with Crippen LogP contribution in [0.3, 0.4) is 0 Å². The number of imidazole rings is 1. The maximum atomic E-state index is 12.6. The highest BCUT2D eigenvalue weighted by Gasteiger charge is 2.34. The summed E-state index contributed by atoms with van der Waals surface area (Å²) in [6.45, 7) is 5.49. The zero-order valence-corrected chi connectivity index (χ0v) is 16.6. The third-order valence-corrected chi connectivity index (χ3v) is 4.99. The number of nitrogens with zero attached hydrogens (tertiary/aromatic N) is 3. The zero-order chi connectivity index (χ0) is 17.9. The number of H-pyrrole nitrogens is 1. The van der Waals surface area contributed by atoms with Crippen LogP contribution in [0.1, 0.15) is 36.7 Å². The van der Waals surface area contributed by atoms with E-state index in [4.69, 9.17) is 0 Å². The summed E-state index contributed by atoms with van der Waals surface area (Å²) >= 11 is 0. The lowest BCUT2D eigenvalue weighted by atomic mass is 9.96. The van der Waals surface area contributed by atoms with Crippen LogP contribution in [0.25, 0.3) is 0 Å². The van der Waals surface area contributed by atoms with Crippen LogP contribution in [0.15, 0.2) is 6.20 Å². The van der Waals surface area contributed by atoms with Crippen molar-refractivity contribution >= 4 is 30.7 Å². The molecule has 0 aromatic carbocycles. The number of piperazine rings is 1. The third-order valence-electron chi connectivity index (χ3n) is 4.99. The average molecular weight is 432 g/mol. The number of carbonyl (C=O) groups is 1. The van der Waals surface area contributed by atoms with E-state index in [9.17, 15) is 18.0 Å². The Hall–Kier alpha value is -1.03. The smallest absolute Gasteiger partial charge is 0.340 e. The Balaban J connectivity index is 0.00000182. The Morgan fingerprint density at radius 1 is 1.15 bits per heavy atom. The molecule has 27 heavy (non-hydrogen) atoms. The SMILES string of the molecule is Cl.Cl.O=C(CCN1CCC(c2ncc(C(F)(F)F)[nH]2)CC1)N1CCNCC1. The first-order chi connectivity index (χ1) is 11.9. The molecule has 2 N–H and O–H groups in total. The van der Waals surface area contributed by atoms with Crippen LogP contribution in [-0.4, -0.2) is 71.5 Å². The quantitative estimate of drug-likeness (QED) is 0.767. The number of nitrogens with one attached hydrogen (secondary N) is 2. The summed E-state index contributed by atoms with van der Waals surface area (Å²) in [5.74, 6) is 0.629. The Kier molecular flexibility index (Phi) is 9.33. The van der Waals surface area contributed by atoms with Gasteiger partial charge in [-0.05, 0) is 25.9 Å². The van der Waals surface area contributed by atoms with E-state index >= 15 is 0 Å². The summed E-state index contributed by atoms with van der Waals surface area (Å²) in [5.41, 5.74) is -0.786. The third kappa shape index (κ3) is 6.51. The maximum absolute atomic E-state index is 12.6. The molecule has 11 heteroatoms. The van der Waals surface area contributed by atoms with Gasteiger partial charge in [-0.25, -0.2) is 4.98 Å². The maximum Gasteiger partial charge on any atom is 0.432 e. The van der Waals surface area contributed by atoms with Crippen LogP contribution in [-0.2, 0) is 11.0 Å². The number of aromatic amines is 1. The minimum absolute atomic E-state index is 0. The summed E-state index contributed by atoms with van der Waals surface area (Å²) < 4.78 is 37.9. The Morgan fingerprint density at radius 2 is 1.78 bits per heavy atom. The van der Waals surface area contributed by atoms with Crippen LogP contribution < -0.4 is 5.32 Å². The zero-order valence-electron chi connectivity index (χ0n) is 14.9. The first-order valence-electron chi connectivity index (χ1n) is 8.76. The molecule has 0 bridgehead atoms. The first-order valence-corrected chi connectivity index (χ1v) is 8.76. The van der Waals surface area contributed by atoms with Gasteiger partial charge >= 0.3 is 6.18 Å². The van der Waals surface area contributed by atoms with Crippen LogP contribution in [0.5, 0.6) is 0 Å². The predicted octanol–water partition coefficient (Wildman–Crippen LogP) is 2.27. The van der Waals surface area contributed by atoms with E-state index in [1.807, 2.05) is 4.90 Å². The van der Waals surface area contributed by atoms with Crippen LogP contribution in [0.2, 0.25) is 0 Å². The van der Waals surface area contributed by atoms with Gasteiger partial charge in [0.1, 0.15) is 11.5 Å². The van der Waals surface area contributed by atoms with E-state index in [-0.39, 0.29) is 36.6 Å². The molecule has 1 aromatic rings. The fourth-order valence-electron chi connectivity index (χ4n) is 3.44. The number of hydrogen-bond donors (Lipinski definition) is 2. The van der Waals surface area contributed by atoms with Gasteiger partial charge in [0.05, 0.1) is 6.20 Å². The lowest BCUT2D eigenvalue weighted by molar-refractivity contribution is -0.141. The molecule has 2 aliphatic rings. The topological polar surface area (TPSA) is 64.3 Å². The highest BCUT2D eigenvalue weighted by atomic mass is 35.5. The minimum Gasteiger partial charge on any atom is -0.340 e. The molecule has 3 heterocycles. The van der Waals surface area contributed by atoms with E-state index in [0.717, 1.165) is 58.3 Å². The lowest BCUT2D eigenvalue weighted by Gasteiger charge is -2.32. The molecule has 2 fully saturated rings. The summed E-state index contributed by atoms with van der Waals surface area (Å²) in [5, 5.41) is 3.22. The molecule has 0 saturated carbocycles. The molecule has 0 aliphatic carbocycles. The molecule has 0 atom stereocenters. The molecule has 0 radical (unpaired) electrons. The molecule has 156 valence electrons. The minimum atomic E-state index is -4.38. The van der Waals surface area contributed by atoms with Gasteiger partial charge in [0, 0.05) is 45.1 Å². The molecule has 6 nitrogen and oxygen atoms in total. The number of alkyl halides is 3. The number of rotatable bonds is 4. The van der Waals surface area contributed by atoms with E-state index in [1.54, 1.807) is 0 Å². The standard InChI is InChI=1S/C16H24F3N5O.2ClH/c17-16(18,19)13-11-21-15(22-13)12-1-6-23(7-2-12)8-3-14(25)24-9-4-20-5-10-24;;/h11-12,20H,1-10H2,(H,21,22);2*1H. The van der Waals surface area contributed by atoms with E-state index < -0.39 is 11.9 Å². The average Bonchev–Trinajstić information content (AvgIpc) is 3.11. The Morgan fingerprint density at radius 3 is 2.33 bits per heavy atom. The molecule has 0 spiro atoms. The molecule has 3 rings (SSSR count). The van der Waals surface area contributed by atoms with Crippen molar-refractivity contribution in [1.82, 2.24) is 25.1 Å². The normalized spacial score (nSPS) is 19.3. The monoisotopic (exact) mass is 431 g/mol. The van der Waals surface area contributed by atoms with E-state index in [0.29, 0.717) is 18.8 Å². The second-order valence-corrected chi connectivity index (χ2v) is 6.68. The van der Waals surface area contributed by atoms with Crippen LogP contribution >= 0.6 is 24.8 Å². The number of amides is 1. The van der Waals surface area contributed by atoms with Crippen molar-refractivity contribution in [3.63, 3.8) is 0 Å². The summed E-state index contributed by atoms with van der Waals surface area (Å²) in [6.07, 6.45) is -1.49. The highest BCUT2D eigenvalue weighted by Crippen LogP contribution is 2.31. The second kappa shape index (κ2) is 10.5. The summed E-state index contributed by atoms with van der Waals surface area (Å²) in [4.78, 5) is 22.6. The fourth-order valence-corrected chi connectivity index (χ4v) is 3.44. The van der Waals surface area contributed by atoms with Crippen LogP contribution in [0, 0.1) is 0 Å². The van der Waals surface area contributed by atoms with Gasteiger partial charge in [-0.1, -0.05) is 0 Å². The number of aromatic nitrogens is 2. The largest absolute Gasteiger partial charge is 0.432 e. The van der Waals surface area contributed by atoms with Gasteiger partial charge in [0.15, 0.2) is 0 Å². The summed E-state index contributed by atoms with van der Waals surface area (Å²) in [7, 11) is 0. The molecule has 1 aromatic heterocycles.